The lowest BCUT2D eigenvalue weighted by Crippen LogP contribution is -2.14. The maximum Gasteiger partial charge on any atom is 0.261 e. The Labute approximate surface area is 182 Å². The molecule has 0 unspecified atom stereocenters. The molecule has 1 amide bonds. The number of aromatic nitrogens is 2. The van der Waals surface area contributed by atoms with Gasteiger partial charge >= 0.3 is 0 Å². The molecule has 0 aliphatic carbocycles. The molecule has 2 N–H and O–H groups in total. The summed E-state index contributed by atoms with van der Waals surface area (Å²) < 4.78 is 13.5. The summed E-state index contributed by atoms with van der Waals surface area (Å²) in [6, 6.07) is 18.7. The summed E-state index contributed by atoms with van der Waals surface area (Å²) in [4.78, 5) is 22.3. The monoisotopic (exact) mass is 429 g/mol. The number of nitrogens with one attached hydrogen (secondary N) is 2. The number of carbonyl (C=O) groups is 1. The number of carbonyl (C=O) groups excluding carboxylic acids is 1. The minimum Gasteiger partial charge on any atom is -0.339 e. The number of amides is 1. The highest BCUT2D eigenvalue weighted by molar-refractivity contribution is 7.15. The number of hydrogen-bond acceptors (Lipinski definition) is 6. The minimum absolute atomic E-state index is 0.315. The van der Waals surface area contributed by atoms with Crippen LogP contribution in [-0.2, 0) is 6.42 Å². The van der Waals surface area contributed by atoms with Gasteiger partial charge in [0.25, 0.3) is 5.91 Å². The molecule has 4 aromatic rings. The topological polar surface area (TPSA) is 90.7 Å². The van der Waals surface area contributed by atoms with Gasteiger partial charge in [0, 0.05) is 29.4 Å². The molecule has 8 heteroatoms. The normalized spacial score (nSPS) is 10.3. The number of nitrogens with zero attached hydrogens (tertiary/aromatic N) is 3. The van der Waals surface area contributed by atoms with Crippen LogP contribution in [0.3, 0.4) is 0 Å². The van der Waals surface area contributed by atoms with Crippen molar-refractivity contribution in [3.8, 4) is 6.07 Å². The van der Waals surface area contributed by atoms with Gasteiger partial charge in [-0.05, 0) is 48.0 Å². The number of hydrogen-bond donors (Lipinski definition) is 2. The van der Waals surface area contributed by atoms with Crippen LogP contribution in [0.4, 0.5) is 21.0 Å². The maximum atomic E-state index is 13.5. The van der Waals surface area contributed by atoms with E-state index in [0.717, 1.165) is 10.4 Å². The average Bonchev–Trinajstić information content (AvgIpc) is 3.21. The van der Waals surface area contributed by atoms with Gasteiger partial charge in [0.15, 0.2) is 5.13 Å². The minimum atomic E-state index is -0.385. The smallest absolute Gasteiger partial charge is 0.261 e. The van der Waals surface area contributed by atoms with Crippen molar-refractivity contribution >= 4 is 33.9 Å². The van der Waals surface area contributed by atoms with Crippen LogP contribution < -0.4 is 10.6 Å². The van der Waals surface area contributed by atoms with E-state index in [-0.39, 0.29) is 11.7 Å². The third kappa shape index (κ3) is 5.10. The summed E-state index contributed by atoms with van der Waals surface area (Å²) >= 11 is 1.37. The van der Waals surface area contributed by atoms with Gasteiger partial charge in [-0.3, -0.25) is 10.1 Å². The van der Waals surface area contributed by atoms with Gasteiger partial charge in [0.05, 0.1) is 17.2 Å². The molecule has 0 atom stereocenters. The van der Waals surface area contributed by atoms with E-state index in [1.54, 1.807) is 48.8 Å². The molecule has 0 aliphatic heterocycles. The van der Waals surface area contributed by atoms with Gasteiger partial charge in [0.2, 0.25) is 0 Å². The summed E-state index contributed by atoms with van der Waals surface area (Å²) in [5.41, 5.74) is 2.47. The quantitative estimate of drug-likeness (QED) is 0.443. The number of halogens is 1. The van der Waals surface area contributed by atoms with Crippen molar-refractivity contribution in [3.63, 3.8) is 0 Å². The first kappa shape index (κ1) is 20.2. The number of rotatable bonds is 6. The van der Waals surface area contributed by atoms with Gasteiger partial charge < -0.3 is 5.32 Å². The third-order valence-electron chi connectivity index (χ3n) is 4.38. The van der Waals surface area contributed by atoms with Crippen molar-refractivity contribution in [2.24, 2.45) is 0 Å². The van der Waals surface area contributed by atoms with E-state index in [1.807, 2.05) is 12.1 Å². The van der Waals surface area contributed by atoms with Crippen molar-refractivity contribution in [1.29, 1.82) is 5.26 Å². The highest BCUT2D eigenvalue weighted by Gasteiger charge is 2.15. The van der Waals surface area contributed by atoms with Crippen molar-refractivity contribution in [2.45, 2.75) is 6.42 Å². The summed E-state index contributed by atoms with van der Waals surface area (Å²) in [5.74, 6) is -0.434. The number of benzene rings is 2. The standard InChI is InChI=1S/C23H16FN5OS/c24-17-3-1-4-18(12-17)28-21-20(5-2-10-26-21)22(30)29-23-27-14-19(31-23)11-15-6-8-16(13-25)9-7-15/h1-10,12,14H,11H2,(H,26,28)(H,27,29,30). The maximum absolute atomic E-state index is 13.5. The Balaban J connectivity index is 1.46. The van der Waals surface area contributed by atoms with Gasteiger partial charge in [-0.25, -0.2) is 14.4 Å². The van der Waals surface area contributed by atoms with Gasteiger partial charge in [-0.15, -0.1) is 11.3 Å². The molecule has 0 aliphatic rings. The fourth-order valence-electron chi connectivity index (χ4n) is 2.90. The predicted octanol–water partition coefficient (Wildman–Crippen LogP) is 5.14. The zero-order valence-corrected chi connectivity index (χ0v) is 17.0. The van der Waals surface area contributed by atoms with E-state index >= 15 is 0 Å². The summed E-state index contributed by atoms with van der Waals surface area (Å²) in [6.07, 6.45) is 3.92. The second-order valence-corrected chi connectivity index (χ2v) is 7.72. The Morgan fingerprint density at radius 3 is 2.71 bits per heavy atom. The van der Waals surface area contributed by atoms with Crippen LogP contribution in [0.1, 0.15) is 26.4 Å². The number of thiazole rings is 1. The van der Waals surface area contributed by atoms with Gasteiger partial charge in [0.1, 0.15) is 11.6 Å². The Bertz CT molecular complexity index is 1260. The highest BCUT2D eigenvalue weighted by Crippen LogP contribution is 2.24. The van der Waals surface area contributed by atoms with E-state index in [1.165, 1.54) is 23.5 Å². The number of anilines is 3. The van der Waals surface area contributed by atoms with Gasteiger partial charge in [-0.2, -0.15) is 5.26 Å². The van der Waals surface area contributed by atoms with Crippen LogP contribution in [-0.4, -0.2) is 15.9 Å². The first-order chi connectivity index (χ1) is 15.1. The van der Waals surface area contributed by atoms with Crippen LogP contribution in [0.25, 0.3) is 0 Å². The fourth-order valence-corrected chi connectivity index (χ4v) is 3.74. The lowest BCUT2D eigenvalue weighted by Gasteiger charge is -2.10. The predicted molar refractivity (Wildman–Crippen MR) is 118 cm³/mol. The lowest BCUT2D eigenvalue weighted by atomic mass is 10.1. The molecule has 0 bridgehead atoms. The Hall–Kier alpha value is -4.09. The second-order valence-electron chi connectivity index (χ2n) is 6.61. The molecule has 152 valence electrons. The zero-order chi connectivity index (χ0) is 21.6. The lowest BCUT2D eigenvalue weighted by molar-refractivity contribution is 0.102. The summed E-state index contributed by atoms with van der Waals surface area (Å²) in [5, 5.41) is 15.1. The summed E-state index contributed by atoms with van der Waals surface area (Å²) in [6.45, 7) is 0. The number of nitriles is 1. The molecule has 6 nitrogen and oxygen atoms in total. The van der Waals surface area contributed by atoms with E-state index in [0.29, 0.717) is 34.2 Å². The van der Waals surface area contributed by atoms with Crippen molar-refractivity contribution in [3.05, 3.63) is 100 Å². The van der Waals surface area contributed by atoms with Crippen LogP contribution in [0, 0.1) is 17.1 Å². The average molecular weight is 429 g/mol. The van der Waals surface area contributed by atoms with Crippen molar-refractivity contribution < 1.29 is 9.18 Å². The molecule has 0 fully saturated rings. The van der Waals surface area contributed by atoms with Crippen LogP contribution in [0.15, 0.2) is 73.1 Å². The second kappa shape index (κ2) is 9.15. The Morgan fingerprint density at radius 2 is 1.94 bits per heavy atom. The fraction of sp³-hybridized carbons (Fsp3) is 0.0435. The Kier molecular flexibility index (Phi) is 5.96. The molecule has 0 saturated carbocycles. The molecular formula is C23H16FN5OS. The molecule has 2 heterocycles. The first-order valence-corrected chi connectivity index (χ1v) is 10.1. The molecule has 0 radical (unpaired) electrons. The van der Waals surface area contributed by atoms with E-state index < -0.39 is 0 Å². The Morgan fingerprint density at radius 1 is 1.10 bits per heavy atom. The molecular weight excluding hydrogens is 413 g/mol. The van der Waals surface area contributed by atoms with E-state index in [2.05, 4.69) is 26.7 Å². The third-order valence-corrected chi connectivity index (χ3v) is 5.29. The summed E-state index contributed by atoms with van der Waals surface area (Å²) in [7, 11) is 0. The molecule has 2 aromatic carbocycles. The van der Waals surface area contributed by atoms with Gasteiger partial charge in [-0.1, -0.05) is 18.2 Å². The molecule has 4 rings (SSSR count). The van der Waals surface area contributed by atoms with Crippen LogP contribution >= 0.6 is 11.3 Å². The van der Waals surface area contributed by atoms with E-state index in [4.69, 9.17) is 5.26 Å². The molecule has 0 saturated heterocycles. The largest absolute Gasteiger partial charge is 0.339 e. The van der Waals surface area contributed by atoms with Crippen molar-refractivity contribution in [2.75, 3.05) is 10.6 Å². The number of pyridine rings is 1. The van der Waals surface area contributed by atoms with Crippen LogP contribution in [0.5, 0.6) is 0 Å². The highest BCUT2D eigenvalue weighted by atomic mass is 32.1. The first-order valence-electron chi connectivity index (χ1n) is 9.33. The zero-order valence-electron chi connectivity index (χ0n) is 16.2. The molecule has 31 heavy (non-hydrogen) atoms. The van der Waals surface area contributed by atoms with E-state index in [9.17, 15) is 9.18 Å². The molecule has 2 aromatic heterocycles. The SMILES string of the molecule is N#Cc1ccc(Cc2cnc(NC(=O)c3cccnc3Nc3cccc(F)c3)s2)cc1. The van der Waals surface area contributed by atoms with Crippen molar-refractivity contribution in [1.82, 2.24) is 9.97 Å². The molecule has 0 spiro atoms. The van der Waals surface area contributed by atoms with Crippen LogP contribution in [0.2, 0.25) is 0 Å².